The number of amides is 1. The largest absolute Gasteiger partial charge is 0.356 e. The number of carbonyl (C=O) groups excluding carboxylic acids is 1. The maximum Gasteiger partial charge on any atom is 0.251 e. The molecule has 1 unspecified atom stereocenters. The van der Waals surface area contributed by atoms with E-state index in [9.17, 15) is 4.79 Å². The van der Waals surface area contributed by atoms with E-state index in [1.165, 1.54) is 5.56 Å². The molecule has 2 aromatic rings. The zero-order valence-electron chi connectivity index (χ0n) is 14.7. The molecule has 0 spiro atoms. The molecule has 3 N–H and O–H groups in total. The van der Waals surface area contributed by atoms with Crippen LogP contribution in [-0.4, -0.2) is 32.5 Å². The average Bonchev–Trinajstić information content (AvgIpc) is 3.16. The van der Waals surface area contributed by atoms with Crippen LogP contribution >= 0.6 is 35.3 Å². The summed E-state index contributed by atoms with van der Waals surface area (Å²) < 4.78 is 0. The van der Waals surface area contributed by atoms with Gasteiger partial charge < -0.3 is 16.0 Å². The summed E-state index contributed by atoms with van der Waals surface area (Å²) in [6.45, 7) is 3.67. The monoisotopic (exact) mass is 472 g/mol. The maximum atomic E-state index is 11.5. The molecule has 1 atom stereocenters. The molecular formula is C18H25IN4OS. The van der Waals surface area contributed by atoms with Crippen molar-refractivity contribution in [3.05, 3.63) is 57.8 Å². The zero-order chi connectivity index (χ0) is 17.4. The number of carbonyl (C=O) groups is 1. The van der Waals surface area contributed by atoms with E-state index in [0.29, 0.717) is 18.0 Å². The summed E-state index contributed by atoms with van der Waals surface area (Å²) in [5.41, 5.74) is 3.09. The molecular weight excluding hydrogens is 447 g/mol. The van der Waals surface area contributed by atoms with Crippen LogP contribution in [-0.2, 0) is 6.54 Å². The molecule has 25 heavy (non-hydrogen) atoms. The first-order valence-electron chi connectivity index (χ1n) is 7.91. The van der Waals surface area contributed by atoms with Crippen LogP contribution in [0, 0.1) is 0 Å². The quantitative estimate of drug-likeness (QED) is 0.344. The maximum absolute atomic E-state index is 11.5. The molecule has 7 heteroatoms. The van der Waals surface area contributed by atoms with E-state index < -0.39 is 0 Å². The molecule has 0 bridgehead atoms. The summed E-state index contributed by atoms with van der Waals surface area (Å²) >= 11 is 1.72. The Hall–Kier alpha value is -1.61. The summed E-state index contributed by atoms with van der Waals surface area (Å²) in [7, 11) is 3.39. The molecule has 0 radical (unpaired) electrons. The second-order valence-corrected chi connectivity index (χ2v) is 6.32. The van der Waals surface area contributed by atoms with Crippen LogP contribution < -0.4 is 16.0 Å². The predicted octanol–water partition coefficient (Wildman–Crippen LogP) is 3.19. The number of halogens is 1. The van der Waals surface area contributed by atoms with Crippen molar-refractivity contribution in [2.24, 2.45) is 4.99 Å². The van der Waals surface area contributed by atoms with E-state index >= 15 is 0 Å². The number of hydrogen-bond donors (Lipinski definition) is 3. The van der Waals surface area contributed by atoms with Crippen molar-refractivity contribution in [3.8, 4) is 0 Å². The molecule has 2 rings (SSSR count). The minimum absolute atomic E-state index is 0. The first-order valence-corrected chi connectivity index (χ1v) is 8.86. The van der Waals surface area contributed by atoms with Crippen molar-refractivity contribution in [3.63, 3.8) is 0 Å². The zero-order valence-corrected chi connectivity index (χ0v) is 17.9. The lowest BCUT2D eigenvalue weighted by molar-refractivity contribution is 0.0963. The van der Waals surface area contributed by atoms with Crippen molar-refractivity contribution in [1.82, 2.24) is 16.0 Å². The van der Waals surface area contributed by atoms with Gasteiger partial charge in [-0.1, -0.05) is 19.1 Å². The third kappa shape index (κ3) is 6.66. The van der Waals surface area contributed by atoms with E-state index in [1.54, 1.807) is 25.4 Å². The van der Waals surface area contributed by atoms with Gasteiger partial charge in [-0.3, -0.25) is 9.79 Å². The fraction of sp³-hybridized carbons (Fsp3) is 0.333. The highest BCUT2D eigenvalue weighted by molar-refractivity contribution is 14.0. The third-order valence-electron chi connectivity index (χ3n) is 3.81. The van der Waals surface area contributed by atoms with Crippen molar-refractivity contribution in [2.75, 3.05) is 20.6 Å². The first kappa shape index (κ1) is 21.4. The van der Waals surface area contributed by atoms with Gasteiger partial charge in [0.05, 0.1) is 0 Å². The third-order valence-corrected chi connectivity index (χ3v) is 4.52. The Morgan fingerprint density at radius 3 is 2.48 bits per heavy atom. The van der Waals surface area contributed by atoms with E-state index in [1.807, 2.05) is 24.3 Å². The molecule has 0 aliphatic rings. The molecule has 0 aliphatic heterocycles. The van der Waals surface area contributed by atoms with Crippen molar-refractivity contribution in [2.45, 2.75) is 19.4 Å². The number of benzene rings is 1. The second-order valence-electron chi connectivity index (χ2n) is 5.54. The van der Waals surface area contributed by atoms with Crippen molar-refractivity contribution >= 4 is 47.2 Å². The highest BCUT2D eigenvalue weighted by Crippen LogP contribution is 2.16. The standard InChI is InChI=1S/C18H24N4OS.HI/c1-13(16-8-9-24-12-16)10-21-18(20-3)22-11-14-4-6-15(7-5-14)17(23)19-2;/h4-9,12-13H,10-11H2,1-3H3,(H,19,23)(H2,20,21,22);1H. The van der Waals surface area contributed by atoms with Crippen LogP contribution in [0.4, 0.5) is 0 Å². The van der Waals surface area contributed by atoms with Gasteiger partial charge in [-0.05, 0) is 46.0 Å². The Bertz CT molecular complexity index is 671. The minimum Gasteiger partial charge on any atom is -0.356 e. The lowest BCUT2D eigenvalue weighted by Gasteiger charge is -2.15. The number of nitrogens with one attached hydrogen (secondary N) is 3. The van der Waals surface area contributed by atoms with E-state index in [-0.39, 0.29) is 29.9 Å². The van der Waals surface area contributed by atoms with Gasteiger partial charge in [-0.15, -0.1) is 24.0 Å². The van der Waals surface area contributed by atoms with Crippen LogP contribution in [0.2, 0.25) is 0 Å². The second kappa shape index (κ2) is 11.1. The van der Waals surface area contributed by atoms with Gasteiger partial charge in [0.1, 0.15) is 0 Å². The molecule has 0 aliphatic carbocycles. The molecule has 1 aromatic heterocycles. The Kier molecular flexibility index (Phi) is 9.51. The van der Waals surface area contributed by atoms with E-state index in [0.717, 1.165) is 18.1 Å². The minimum atomic E-state index is -0.0746. The summed E-state index contributed by atoms with van der Waals surface area (Å²) in [4.78, 5) is 15.8. The van der Waals surface area contributed by atoms with Crippen LogP contribution in [0.25, 0.3) is 0 Å². The molecule has 0 saturated carbocycles. The molecule has 1 amide bonds. The normalized spacial score (nSPS) is 12.0. The lowest BCUT2D eigenvalue weighted by atomic mass is 10.1. The van der Waals surface area contributed by atoms with Gasteiger partial charge in [0, 0.05) is 32.7 Å². The van der Waals surface area contributed by atoms with Gasteiger partial charge in [0.2, 0.25) is 0 Å². The van der Waals surface area contributed by atoms with Gasteiger partial charge in [-0.25, -0.2) is 0 Å². The lowest BCUT2D eigenvalue weighted by Crippen LogP contribution is -2.38. The topological polar surface area (TPSA) is 65.5 Å². The molecule has 5 nitrogen and oxygen atoms in total. The van der Waals surface area contributed by atoms with Crippen molar-refractivity contribution < 1.29 is 4.79 Å². The Labute approximate surface area is 170 Å². The van der Waals surface area contributed by atoms with E-state index in [2.05, 4.69) is 44.7 Å². The average molecular weight is 472 g/mol. The van der Waals surface area contributed by atoms with Crippen LogP contribution in [0.3, 0.4) is 0 Å². The van der Waals surface area contributed by atoms with Crippen LogP contribution in [0.15, 0.2) is 46.1 Å². The fourth-order valence-electron chi connectivity index (χ4n) is 2.25. The van der Waals surface area contributed by atoms with Gasteiger partial charge >= 0.3 is 0 Å². The molecule has 0 fully saturated rings. The van der Waals surface area contributed by atoms with Crippen LogP contribution in [0.5, 0.6) is 0 Å². The van der Waals surface area contributed by atoms with Gasteiger partial charge in [0.15, 0.2) is 5.96 Å². The predicted molar refractivity (Wildman–Crippen MR) is 116 cm³/mol. The summed E-state index contributed by atoms with van der Waals surface area (Å²) in [6, 6.07) is 9.69. The number of rotatable bonds is 6. The van der Waals surface area contributed by atoms with Crippen molar-refractivity contribution in [1.29, 1.82) is 0 Å². The molecule has 136 valence electrons. The molecule has 1 aromatic carbocycles. The Balaban J connectivity index is 0.00000312. The smallest absolute Gasteiger partial charge is 0.251 e. The molecule has 1 heterocycles. The van der Waals surface area contributed by atoms with Crippen LogP contribution in [0.1, 0.15) is 34.3 Å². The van der Waals surface area contributed by atoms with Gasteiger partial charge in [-0.2, -0.15) is 11.3 Å². The number of thiophene rings is 1. The Morgan fingerprint density at radius 2 is 1.92 bits per heavy atom. The van der Waals surface area contributed by atoms with Gasteiger partial charge in [0.25, 0.3) is 5.91 Å². The SMILES string of the molecule is CN=C(NCc1ccc(C(=O)NC)cc1)NCC(C)c1ccsc1.I. The number of aliphatic imine (C=N–C) groups is 1. The highest BCUT2D eigenvalue weighted by atomic mass is 127. The fourth-order valence-corrected chi connectivity index (χ4v) is 3.03. The van der Waals surface area contributed by atoms with E-state index in [4.69, 9.17) is 0 Å². The number of nitrogens with zero attached hydrogens (tertiary/aromatic N) is 1. The Morgan fingerprint density at radius 1 is 1.20 bits per heavy atom. The highest BCUT2D eigenvalue weighted by Gasteiger charge is 2.07. The summed E-state index contributed by atoms with van der Waals surface area (Å²) in [5.74, 6) is 1.13. The first-order chi connectivity index (χ1) is 11.6. The number of hydrogen-bond acceptors (Lipinski definition) is 3. The number of guanidine groups is 1. The summed E-state index contributed by atoms with van der Waals surface area (Å²) in [5, 5.41) is 13.5. The summed E-state index contributed by atoms with van der Waals surface area (Å²) in [6.07, 6.45) is 0. The molecule has 0 saturated heterocycles.